The van der Waals surface area contributed by atoms with Crippen LogP contribution in [0.1, 0.15) is 22.2 Å². The molecule has 0 aliphatic rings. The number of nitrogens with zero attached hydrogens (tertiary/aromatic N) is 1. The predicted molar refractivity (Wildman–Crippen MR) is 80.5 cm³/mol. The molecule has 3 nitrogen and oxygen atoms in total. The lowest BCUT2D eigenvalue weighted by Gasteiger charge is -2.03. The van der Waals surface area contributed by atoms with Gasteiger partial charge in [-0.15, -0.1) is 11.3 Å². The number of hydrogen-bond acceptors (Lipinski definition) is 3. The molecule has 0 radical (unpaired) electrons. The summed E-state index contributed by atoms with van der Waals surface area (Å²) in [6.45, 7) is 1.80. The number of carbonyl (C=O) groups is 1. The molecule has 1 heterocycles. The Labute approximate surface area is 124 Å². The molecular weight excluding hydrogens is 303 g/mol. The fourth-order valence-corrected chi connectivity index (χ4v) is 2.61. The van der Waals surface area contributed by atoms with E-state index in [1.807, 2.05) is 6.07 Å². The molecule has 1 amide bonds. The van der Waals surface area contributed by atoms with Crippen molar-refractivity contribution < 1.29 is 4.79 Å². The van der Waals surface area contributed by atoms with Crippen LogP contribution in [0, 0.1) is 0 Å². The van der Waals surface area contributed by atoms with Crippen LogP contribution < -0.4 is 5.43 Å². The average Bonchev–Trinajstić information content (AvgIpc) is 2.83. The minimum atomic E-state index is -0.340. The van der Waals surface area contributed by atoms with Crippen molar-refractivity contribution in [2.24, 2.45) is 5.10 Å². The molecule has 0 fully saturated rings. The van der Waals surface area contributed by atoms with E-state index in [4.69, 9.17) is 23.2 Å². The zero-order valence-corrected chi connectivity index (χ0v) is 12.3. The zero-order chi connectivity index (χ0) is 13.8. The van der Waals surface area contributed by atoms with Gasteiger partial charge in [-0.2, -0.15) is 5.10 Å². The summed E-state index contributed by atoms with van der Waals surface area (Å²) < 4.78 is 0.682. The third kappa shape index (κ3) is 3.56. The minimum absolute atomic E-state index is 0.340. The number of benzene rings is 1. The predicted octanol–water partition coefficient (Wildman–Crippen LogP) is 4.21. The molecule has 0 bridgehead atoms. The molecule has 0 aliphatic carbocycles. The summed E-state index contributed by atoms with van der Waals surface area (Å²) >= 11 is 13.2. The summed E-state index contributed by atoms with van der Waals surface area (Å²) in [5, 5.41) is 4.43. The van der Waals surface area contributed by atoms with Crippen molar-refractivity contribution in [2.75, 3.05) is 0 Å². The molecule has 0 atom stereocenters. The summed E-state index contributed by atoms with van der Waals surface area (Å²) in [5.74, 6) is -0.340. The van der Waals surface area contributed by atoms with Crippen molar-refractivity contribution in [3.63, 3.8) is 0 Å². The van der Waals surface area contributed by atoms with Gasteiger partial charge in [0.1, 0.15) is 0 Å². The maximum absolute atomic E-state index is 11.9. The van der Waals surface area contributed by atoms with Gasteiger partial charge in [-0.25, -0.2) is 5.43 Å². The van der Waals surface area contributed by atoms with Gasteiger partial charge in [0.2, 0.25) is 0 Å². The van der Waals surface area contributed by atoms with Gasteiger partial charge in [-0.1, -0.05) is 35.3 Å². The topological polar surface area (TPSA) is 41.5 Å². The molecular formula is C13H10Cl2N2OS. The normalized spacial score (nSPS) is 11.4. The third-order valence-corrected chi connectivity index (χ3v) is 4.04. The summed E-state index contributed by atoms with van der Waals surface area (Å²) in [6.07, 6.45) is 0. The minimum Gasteiger partial charge on any atom is -0.267 e. The van der Waals surface area contributed by atoms with E-state index in [1.165, 1.54) is 11.3 Å². The largest absolute Gasteiger partial charge is 0.272 e. The Morgan fingerprint density at radius 3 is 2.58 bits per heavy atom. The van der Waals surface area contributed by atoms with Crippen LogP contribution in [0.4, 0.5) is 0 Å². The highest BCUT2D eigenvalue weighted by molar-refractivity contribution is 7.18. The third-order valence-electron chi connectivity index (χ3n) is 2.37. The maximum atomic E-state index is 11.9. The van der Waals surface area contributed by atoms with Crippen LogP contribution in [0.25, 0.3) is 0 Å². The molecule has 6 heteroatoms. The van der Waals surface area contributed by atoms with Gasteiger partial charge in [-0.05, 0) is 31.2 Å². The molecule has 0 spiro atoms. The molecule has 0 saturated heterocycles. The molecule has 0 aliphatic heterocycles. The number of hydrogen-bond donors (Lipinski definition) is 1. The first-order valence-electron chi connectivity index (χ1n) is 5.43. The molecule has 2 aromatic rings. The fraction of sp³-hybridized carbons (Fsp3) is 0.0769. The maximum Gasteiger partial charge on any atom is 0.272 e. The number of thiophene rings is 1. The molecule has 0 unspecified atom stereocenters. The Morgan fingerprint density at radius 1 is 1.21 bits per heavy atom. The molecule has 19 heavy (non-hydrogen) atoms. The second kappa shape index (κ2) is 6.19. The highest BCUT2D eigenvalue weighted by Gasteiger charge is 2.09. The lowest BCUT2D eigenvalue weighted by molar-refractivity contribution is 0.0955. The number of amides is 1. The molecule has 1 N–H and O–H groups in total. The van der Waals surface area contributed by atoms with Gasteiger partial charge in [-0.3, -0.25) is 4.79 Å². The number of hydrazone groups is 1. The molecule has 1 aromatic heterocycles. The van der Waals surface area contributed by atoms with E-state index < -0.39 is 0 Å². The van der Waals surface area contributed by atoms with Gasteiger partial charge in [0.05, 0.1) is 25.5 Å². The standard InChI is InChI=1S/C13H10Cl2N2OS/c1-8(11-6-7-12(15)19-11)16-17-13(18)9-4-2-3-5-10(9)14/h2-7H,1H3,(H,17,18)/b16-8+. The van der Waals surface area contributed by atoms with Crippen molar-refractivity contribution in [3.05, 3.63) is 56.2 Å². The molecule has 0 saturated carbocycles. The van der Waals surface area contributed by atoms with Crippen LogP contribution in [-0.2, 0) is 0 Å². The van der Waals surface area contributed by atoms with Crippen molar-refractivity contribution in [1.29, 1.82) is 0 Å². The molecule has 98 valence electrons. The first kappa shape index (κ1) is 14.1. The Morgan fingerprint density at radius 2 is 1.95 bits per heavy atom. The van der Waals surface area contributed by atoms with Crippen LogP contribution in [0.15, 0.2) is 41.5 Å². The highest BCUT2D eigenvalue weighted by Crippen LogP contribution is 2.22. The van der Waals surface area contributed by atoms with Gasteiger partial charge >= 0.3 is 0 Å². The van der Waals surface area contributed by atoms with E-state index in [1.54, 1.807) is 37.3 Å². The second-order valence-electron chi connectivity index (χ2n) is 3.72. The van der Waals surface area contributed by atoms with E-state index >= 15 is 0 Å². The van der Waals surface area contributed by atoms with Crippen molar-refractivity contribution in [1.82, 2.24) is 5.43 Å². The van der Waals surface area contributed by atoms with Gasteiger partial charge in [0.15, 0.2) is 0 Å². The quantitative estimate of drug-likeness (QED) is 0.669. The van der Waals surface area contributed by atoms with Crippen LogP contribution >= 0.6 is 34.5 Å². The summed E-state index contributed by atoms with van der Waals surface area (Å²) in [5.41, 5.74) is 3.56. The van der Waals surface area contributed by atoms with Crippen molar-refractivity contribution in [3.8, 4) is 0 Å². The number of halogens is 2. The Bertz CT molecular complexity index is 637. The Kier molecular flexibility index (Phi) is 4.58. The second-order valence-corrected chi connectivity index (χ2v) is 5.84. The summed E-state index contributed by atoms with van der Waals surface area (Å²) in [6, 6.07) is 10.5. The first-order chi connectivity index (χ1) is 9.08. The van der Waals surface area contributed by atoms with Crippen LogP contribution in [0.3, 0.4) is 0 Å². The van der Waals surface area contributed by atoms with E-state index in [-0.39, 0.29) is 5.91 Å². The molecule has 2 rings (SSSR count). The Hall–Kier alpha value is -1.36. The van der Waals surface area contributed by atoms with E-state index in [0.717, 1.165) is 4.88 Å². The van der Waals surface area contributed by atoms with Crippen LogP contribution in [-0.4, -0.2) is 11.6 Å². The lowest BCUT2D eigenvalue weighted by Crippen LogP contribution is -2.19. The van der Waals surface area contributed by atoms with Crippen LogP contribution in [0.2, 0.25) is 9.36 Å². The zero-order valence-electron chi connectivity index (χ0n) is 9.98. The van der Waals surface area contributed by atoms with Gasteiger partial charge in [0, 0.05) is 0 Å². The van der Waals surface area contributed by atoms with Crippen molar-refractivity contribution >= 4 is 46.2 Å². The SMILES string of the molecule is C/C(=N\NC(=O)c1ccccc1Cl)c1ccc(Cl)s1. The van der Waals surface area contributed by atoms with Crippen LogP contribution in [0.5, 0.6) is 0 Å². The first-order valence-corrected chi connectivity index (χ1v) is 7.00. The average molecular weight is 313 g/mol. The van der Waals surface area contributed by atoms with Gasteiger partial charge in [0.25, 0.3) is 5.91 Å². The summed E-state index contributed by atoms with van der Waals surface area (Å²) in [4.78, 5) is 12.8. The van der Waals surface area contributed by atoms with E-state index in [2.05, 4.69) is 10.5 Å². The van der Waals surface area contributed by atoms with Gasteiger partial charge < -0.3 is 0 Å². The lowest BCUT2D eigenvalue weighted by atomic mass is 10.2. The number of nitrogens with one attached hydrogen (secondary N) is 1. The number of carbonyl (C=O) groups excluding carboxylic acids is 1. The fourth-order valence-electron chi connectivity index (χ4n) is 1.40. The monoisotopic (exact) mass is 312 g/mol. The highest BCUT2D eigenvalue weighted by atomic mass is 35.5. The number of rotatable bonds is 3. The van der Waals surface area contributed by atoms with E-state index in [0.29, 0.717) is 20.6 Å². The van der Waals surface area contributed by atoms with E-state index in [9.17, 15) is 4.79 Å². The Balaban J connectivity index is 2.10. The smallest absolute Gasteiger partial charge is 0.267 e. The summed E-state index contributed by atoms with van der Waals surface area (Å²) in [7, 11) is 0. The molecule has 1 aromatic carbocycles. The van der Waals surface area contributed by atoms with Crippen molar-refractivity contribution in [2.45, 2.75) is 6.92 Å².